The first kappa shape index (κ1) is 13.3. The predicted molar refractivity (Wildman–Crippen MR) is 65.8 cm³/mol. The summed E-state index contributed by atoms with van der Waals surface area (Å²) in [4.78, 5) is 11.6. The molecule has 1 rings (SSSR count). The average Bonchev–Trinajstić information content (AvgIpc) is 2.34. The van der Waals surface area contributed by atoms with E-state index in [1.54, 1.807) is 0 Å². The average molecular weight is 256 g/mol. The van der Waals surface area contributed by atoms with Gasteiger partial charge in [0.05, 0.1) is 5.88 Å². The summed E-state index contributed by atoms with van der Waals surface area (Å²) in [6, 6.07) is 8.50. The lowest BCUT2D eigenvalue weighted by molar-refractivity contribution is -0.146. The third kappa shape index (κ3) is 4.74. The molecule has 1 aromatic rings. The van der Waals surface area contributed by atoms with E-state index >= 15 is 0 Å². The molecule has 0 saturated heterocycles. The second-order valence-corrected chi connectivity index (χ2v) is 3.67. The van der Waals surface area contributed by atoms with Gasteiger partial charge in [-0.15, -0.1) is 11.6 Å². The number of guanidine groups is 1. The molecule has 0 saturated carbocycles. The van der Waals surface area contributed by atoms with Gasteiger partial charge in [0.15, 0.2) is 5.96 Å². The van der Waals surface area contributed by atoms with Gasteiger partial charge >= 0.3 is 5.97 Å². The smallest absolute Gasteiger partial charge is 0.330 e. The fourth-order valence-corrected chi connectivity index (χ4v) is 1.38. The number of hydrogen-bond acceptors (Lipinski definition) is 3. The van der Waals surface area contributed by atoms with Crippen LogP contribution in [0.1, 0.15) is 5.56 Å². The summed E-state index contributed by atoms with van der Waals surface area (Å²) in [6.07, 6.45) is 0. The zero-order valence-electron chi connectivity index (χ0n) is 9.15. The number of rotatable bonds is 5. The molecule has 0 aliphatic rings. The van der Waals surface area contributed by atoms with Gasteiger partial charge in [0.1, 0.15) is 12.6 Å². The number of nitrogens with two attached hydrogens (primary N) is 1. The second kappa shape index (κ2) is 6.75. The van der Waals surface area contributed by atoms with Crippen molar-refractivity contribution in [2.24, 2.45) is 5.73 Å². The van der Waals surface area contributed by atoms with Crippen molar-refractivity contribution in [1.82, 2.24) is 5.32 Å². The summed E-state index contributed by atoms with van der Waals surface area (Å²) < 4.78 is 5.04. The van der Waals surface area contributed by atoms with E-state index in [1.807, 2.05) is 30.3 Å². The maximum absolute atomic E-state index is 11.6. The first-order chi connectivity index (χ1) is 8.13. The largest absolute Gasteiger partial charge is 0.459 e. The fraction of sp³-hybridized carbons (Fsp3) is 0.273. The molecule has 5 nitrogen and oxygen atoms in total. The lowest BCUT2D eigenvalue weighted by Crippen LogP contribution is -2.46. The van der Waals surface area contributed by atoms with Crippen LogP contribution in [0.5, 0.6) is 0 Å². The number of hydrogen-bond donors (Lipinski definition) is 3. The Bertz CT molecular complexity index is 384. The monoisotopic (exact) mass is 255 g/mol. The van der Waals surface area contributed by atoms with Crippen molar-refractivity contribution in [3.8, 4) is 0 Å². The van der Waals surface area contributed by atoms with Gasteiger partial charge in [0, 0.05) is 0 Å². The third-order valence-corrected chi connectivity index (χ3v) is 2.30. The van der Waals surface area contributed by atoms with Gasteiger partial charge in [-0.05, 0) is 5.56 Å². The van der Waals surface area contributed by atoms with Crippen LogP contribution in [0.15, 0.2) is 30.3 Å². The minimum atomic E-state index is -0.794. The molecule has 0 aliphatic heterocycles. The van der Waals surface area contributed by atoms with Crippen molar-refractivity contribution in [2.75, 3.05) is 5.88 Å². The van der Waals surface area contributed by atoms with Crippen molar-refractivity contribution >= 4 is 23.5 Å². The minimum absolute atomic E-state index is 0.00674. The van der Waals surface area contributed by atoms with Gasteiger partial charge in [0.2, 0.25) is 0 Å². The van der Waals surface area contributed by atoms with Crippen molar-refractivity contribution in [3.05, 3.63) is 35.9 Å². The van der Waals surface area contributed by atoms with Crippen LogP contribution in [0.4, 0.5) is 0 Å². The van der Waals surface area contributed by atoms with Crippen molar-refractivity contribution < 1.29 is 9.53 Å². The van der Waals surface area contributed by atoms with Crippen molar-refractivity contribution in [3.63, 3.8) is 0 Å². The molecule has 6 heteroatoms. The van der Waals surface area contributed by atoms with Gasteiger partial charge in [-0.2, -0.15) is 0 Å². The predicted octanol–water partition coefficient (Wildman–Crippen LogP) is 0.820. The normalized spacial score (nSPS) is 11.6. The summed E-state index contributed by atoms with van der Waals surface area (Å²) >= 11 is 5.57. The number of carbonyl (C=O) groups excluding carboxylic acids is 1. The Morgan fingerprint density at radius 1 is 1.47 bits per heavy atom. The molecular weight excluding hydrogens is 242 g/mol. The third-order valence-electron chi connectivity index (χ3n) is 1.99. The molecule has 17 heavy (non-hydrogen) atoms. The van der Waals surface area contributed by atoms with Gasteiger partial charge in [0.25, 0.3) is 0 Å². The summed E-state index contributed by atoms with van der Waals surface area (Å²) in [6.45, 7) is 0.173. The van der Waals surface area contributed by atoms with Crippen LogP contribution in [0.3, 0.4) is 0 Å². The van der Waals surface area contributed by atoms with E-state index in [2.05, 4.69) is 5.32 Å². The van der Waals surface area contributed by atoms with Gasteiger partial charge in [-0.1, -0.05) is 30.3 Å². The number of carbonyl (C=O) groups is 1. The van der Waals surface area contributed by atoms with E-state index in [0.717, 1.165) is 5.56 Å². The minimum Gasteiger partial charge on any atom is -0.459 e. The van der Waals surface area contributed by atoms with E-state index in [4.69, 9.17) is 27.5 Å². The standard InChI is InChI=1S/C11H14ClN3O2/c12-6-9(15-11(13)14)10(16)17-7-8-4-2-1-3-5-8/h1-5,9H,6-7H2,(H4,13,14,15). The summed E-state index contributed by atoms with van der Waals surface area (Å²) in [5.41, 5.74) is 6.01. The topological polar surface area (TPSA) is 88.2 Å². The Morgan fingerprint density at radius 3 is 2.65 bits per heavy atom. The van der Waals surface area contributed by atoms with Crippen molar-refractivity contribution in [2.45, 2.75) is 12.6 Å². The number of nitrogens with one attached hydrogen (secondary N) is 2. The lowest BCUT2D eigenvalue weighted by Gasteiger charge is -2.14. The van der Waals surface area contributed by atoms with Crippen LogP contribution in [0.25, 0.3) is 0 Å². The highest BCUT2D eigenvalue weighted by Crippen LogP contribution is 2.02. The molecule has 1 atom stereocenters. The molecule has 1 unspecified atom stereocenters. The highest BCUT2D eigenvalue weighted by atomic mass is 35.5. The fourth-order valence-electron chi connectivity index (χ4n) is 1.18. The SMILES string of the molecule is N=C(N)NC(CCl)C(=O)OCc1ccccc1. The Labute approximate surface area is 104 Å². The molecule has 0 radical (unpaired) electrons. The number of esters is 1. The van der Waals surface area contributed by atoms with Gasteiger partial charge < -0.3 is 15.8 Å². The molecule has 0 heterocycles. The molecule has 0 aliphatic carbocycles. The Kier molecular flexibility index (Phi) is 5.29. The first-order valence-corrected chi connectivity index (χ1v) is 5.54. The molecule has 0 spiro atoms. The first-order valence-electron chi connectivity index (χ1n) is 5.00. The molecule has 0 fully saturated rings. The van der Waals surface area contributed by atoms with Gasteiger partial charge in [-0.3, -0.25) is 5.41 Å². The highest BCUT2D eigenvalue weighted by molar-refractivity contribution is 6.19. The molecule has 0 bridgehead atoms. The van der Waals surface area contributed by atoms with Crippen LogP contribution in [-0.2, 0) is 16.1 Å². The van der Waals surface area contributed by atoms with E-state index in [0.29, 0.717) is 0 Å². The number of alkyl halides is 1. The van der Waals surface area contributed by atoms with E-state index < -0.39 is 12.0 Å². The Morgan fingerprint density at radius 2 is 2.12 bits per heavy atom. The van der Waals surface area contributed by atoms with Crippen molar-refractivity contribution in [1.29, 1.82) is 5.41 Å². The number of halogens is 1. The zero-order valence-corrected chi connectivity index (χ0v) is 9.91. The number of ether oxygens (including phenoxy) is 1. The van der Waals surface area contributed by atoms with Crippen LogP contribution in [-0.4, -0.2) is 23.9 Å². The molecule has 0 amide bonds. The van der Waals surface area contributed by atoms with Crippen LogP contribution in [0.2, 0.25) is 0 Å². The zero-order chi connectivity index (χ0) is 12.7. The Hall–Kier alpha value is -1.75. The van der Waals surface area contributed by atoms with E-state index in [9.17, 15) is 4.79 Å². The summed E-state index contributed by atoms with van der Waals surface area (Å²) in [5.74, 6) is -0.848. The van der Waals surface area contributed by atoms with Gasteiger partial charge in [-0.25, -0.2) is 4.79 Å². The molecule has 92 valence electrons. The summed E-state index contributed by atoms with van der Waals surface area (Å²) in [7, 11) is 0. The van der Waals surface area contributed by atoms with E-state index in [-0.39, 0.29) is 18.4 Å². The lowest BCUT2D eigenvalue weighted by atomic mass is 10.2. The molecule has 4 N–H and O–H groups in total. The quantitative estimate of drug-likeness (QED) is 0.315. The van der Waals surface area contributed by atoms with Crippen LogP contribution >= 0.6 is 11.6 Å². The van der Waals surface area contributed by atoms with Crippen LogP contribution < -0.4 is 11.1 Å². The maximum atomic E-state index is 11.6. The Balaban J connectivity index is 2.45. The molecule has 0 aromatic heterocycles. The molecule has 1 aromatic carbocycles. The molecular formula is C11H14ClN3O2. The second-order valence-electron chi connectivity index (χ2n) is 3.36. The summed E-state index contributed by atoms with van der Waals surface area (Å²) in [5, 5.41) is 9.44. The van der Waals surface area contributed by atoms with Crippen LogP contribution in [0, 0.1) is 5.41 Å². The van der Waals surface area contributed by atoms with E-state index in [1.165, 1.54) is 0 Å². The highest BCUT2D eigenvalue weighted by Gasteiger charge is 2.19. The maximum Gasteiger partial charge on any atom is 0.330 e. The number of benzene rings is 1.